The molecule has 0 unspecified atom stereocenters. The van der Waals surface area contributed by atoms with Gasteiger partial charge in [-0.3, -0.25) is 14.9 Å². The van der Waals surface area contributed by atoms with Crippen LogP contribution in [0.2, 0.25) is 0 Å². The zero-order valence-corrected chi connectivity index (χ0v) is 17.0. The van der Waals surface area contributed by atoms with Crippen molar-refractivity contribution in [3.63, 3.8) is 0 Å². The largest absolute Gasteiger partial charge is 0.497 e. The number of methoxy groups -OCH3 is 1. The van der Waals surface area contributed by atoms with Crippen LogP contribution in [0.4, 0.5) is 11.5 Å². The first-order valence-corrected chi connectivity index (χ1v) is 9.80. The lowest BCUT2D eigenvalue weighted by Gasteiger charge is -2.35. The van der Waals surface area contributed by atoms with Crippen molar-refractivity contribution >= 4 is 17.4 Å². The number of nitro groups is 1. The van der Waals surface area contributed by atoms with E-state index in [0.29, 0.717) is 31.7 Å². The highest BCUT2D eigenvalue weighted by Crippen LogP contribution is 2.24. The number of benzene rings is 2. The number of nitrogens with zero attached hydrogens (tertiary/aromatic N) is 5. The van der Waals surface area contributed by atoms with Crippen molar-refractivity contribution in [3.05, 3.63) is 76.6 Å². The van der Waals surface area contributed by atoms with Gasteiger partial charge in [-0.2, -0.15) is 0 Å². The third-order valence-electron chi connectivity index (χ3n) is 5.25. The SMILES string of the molecule is COc1ccc(-c2cc(N3CCN(C(=O)c4ccc([N+](=O)[O-])cc4)CC3)ncn2)cc1. The average molecular weight is 419 g/mol. The first-order chi connectivity index (χ1) is 15.0. The topological polar surface area (TPSA) is 102 Å². The minimum atomic E-state index is -0.477. The molecule has 0 N–H and O–H groups in total. The summed E-state index contributed by atoms with van der Waals surface area (Å²) in [6.07, 6.45) is 1.54. The molecule has 4 rings (SSSR count). The third kappa shape index (κ3) is 4.45. The molecule has 31 heavy (non-hydrogen) atoms. The fourth-order valence-corrected chi connectivity index (χ4v) is 3.49. The summed E-state index contributed by atoms with van der Waals surface area (Å²) < 4.78 is 5.20. The van der Waals surface area contributed by atoms with E-state index >= 15 is 0 Å². The van der Waals surface area contributed by atoms with Gasteiger partial charge in [0.15, 0.2) is 0 Å². The van der Waals surface area contributed by atoms with Gasteiger partial charge in [0.1, 0.15) is 17.9 Å². The van der Waals surface area contributed by atoms with E-state index in [-0.39, 0.29) is 11.6 Å². The first-order valence-electron chi connectivity index (χ1n) is 9.80. The molecule has 1 aromatic heterocycles. The number of non-ortho nitro benzene ring substituents is 1. The number of aromatic nitrogens is 2. The van der Waals surface area contributed by atoms with E-state index in [9.17, 15) is 14.9 Å². The minimum absolute atomic E-state index is 0.0298. The highest BCUT2D eigenvalue weighted by atomic mass is 16.6. The van der Waals surface area contributed by atoms with Crippen molar-refractivity contribution in [3.8, 4) is 17.0 Å². The summed E-state index contributed by atoms with van der Waals surface area (Å²) in [7, 11) is 1.63. The molecule has 1 aliphatic heterocycles. The molecule has 0 radical (unpaired) electrons. The molecule has 0 spiro atoms. The van der Waals surface area contributed by atoms with Crippen LogP contribution in [0.3, 0.4) is 0 Å². The molecule has 0 aliphatic carbocycles. The van der Waals surface area contributed by atoms with Crippen LogP contribution in [0.25, 0.3) is 11.3 Å². The second-order valence-electron chi connectivity index (χ2n) is 7.07. The van der Waals surface area contributed by atoms with Gasteiger partial charge in [0.25, 0.3) is 11.6 Å². The Morgan fingerprint density at radius 1 is 1.00 bits per heavy atom. The van der Waals surface area contributed by atoms with Gasteiger partial charge in [-0.15, -0.1) is 0 Å². The van der Waals surface area contributed by atoms with E-state index in [4.69, 9.17) is 4.74 Å². The smallest absolute Gasteiger partial charge is 0.269 e. The molecule has 1 saturated heterocycles. The Hall–Kier alpha value is -4.01. The maximum absolute atomic E-state index is 12.7. The van der Waals surface area contributed by atoms with Crippen LogP contribution in [-0.2, 0) is 0 Å². The van der Waals surface area contributed by atoms with Crippen molar-refractivity contribution in [2.75, 3.05) is 38.2 Å². The molecule has 0 bridgehead atoms. The highest BCUT2D eigenvalue weighted by Gasteiger charge is 2.23. The van der Waals surface area contributed by atoms with Crippen LogP contribution in [0.1, 0.15) is 10.4 Å². The number of ether oxygens (including phenoxy) is 1. The molecule has 3 aromatic rings. The Kier molecular flexibility index (Phi) is 5.74. The molecule has 1 aliphatic rings. The van der Waals surface area contributed by atoms with Crippen molar-refractivity contribution in [2.24, 2.45) is 0 Å². The number of hydrogen-bond acceptors (Lipinski definition) is 7. The van der Waals surface area contributed by atoms with Crippen molar-refractivity contribution in [1.29, 1.82) is 0 Å². The molecule has 9 heteroatoms. The van der Waals surface area contributed by atoms with E-state index in [1.807, 2.05) is 30.3 Å². The van der Waals surface area contributed by atoms with Gasteiger partial charge in [0.05, 0.1) is 17.7 Å². The fraction of sp³-hybridized carbons (Fsp3) is 0.227. The zero-order chi connectivity index (χ0) is 21.8. The van der Waals surface area contributed by atoms with Crippen LogP contribution < -0.4 is 9.64 Å². The monoisotopic (exact) mass is 419 g/mol. The quantitative estimate of drug-likeness (QED) is 0.463. The molecule has 1 fully saturated rings. The molecule has 9 nitrogen and oxygen atoms in total. The summed E-state index contributed by atoms with van der Waals surface area (Å²) in [5.41, 5.74) is 2.20. The number of nitro benzene ring substituents is 1. The third-order valence-corrected chi connectivity index (χ3v) is 5.25. The minimum Gasteiger partial charge on any atom is -0.497 e. The second-order valence-corrected chi connectivity index (χ2v) is 7.07. The Balaban J connectivity index is 1.41. The molecule has 0 saturated carbocycles. The Bertz CT molecular complexity index is 1080. The maximum atomic E-state index is 12.7. The number of rotatable bonds is 5. The van der Waals surface area contributed by atoms with Crippen LogP contribution in [-0.4, -0.2) is 59.0 Å². The summed E-state index contributed by atoms with van der Waals surface area (Å²) in [5, 5.41) is 10.8. The number of piperazine rings is 1. The van der Waals surface area contributed by atoms with E-state index in [2.05, 4.69) is 14.9 Å². The van der Waals surface area contributed by atoms with E-state index < -0.39 is 4.92 Å². The molecular formula is C22H21N5O4. The highest BCUT2D eigenvalue weighted by molar-refractivity contribution is 5.94. The van der Waals surface area contributed by atoms with Gasteiger partial charge in [0.2, 0.25) is 0 Å². The van der Waals surface area contributed by atoms with E-state index in [1.165, 1.54) is 24.3 Å². The lowest BCUT2D eigenvalue weighted by molar-refractivity contribution is -0.384. The van der Waals surface area contributed by atoms with Crippen molar-refractivity contribution in [2.45, 2.75) is 0 Å². The van der Waals surface area contributed by atoms with Gasteiger partial charge in [0, 0.05) is 55.5 Å². The average Bonchev–Trinajstić information content (AvgIpc) is 2.84. The molecule has 158 valence electrons. The number of anilines is 1. The molecule has 1 amide bonds. The molecule has 2 heterocycles. The number of amides is 1. The van der Waals surface area contributed by atoms with Gasteiger partial charge in [-0.25, -0.2) is 9.97 Å². The van der Waals surface area contributed by atoms with Crippen molar-refractivity contribution < 1.29 is 14.5 Å². The van der Waals surface area contributed by atoms with Gasteiger partial charge >= 0.3 is 0 Å². The number of carbonyl (C=O) groups is 1. The standard InChI is InChI=1S/C22H21N5O4/c1-31-19-8-4-16(5-9-19)20-14-21(24-15-23-20)25-10-12-26(13-11-25)22(28)17-2-6-18(7-3-17)27(29)30/h2-9,14-15H,10-13H2,1H3. The first kappa shape index (κ1) is 20.3. The number of carbonyl (C=O) groups excluding carboxylic acids is 1. The van der Waals surface area contributed by atoms with Gasteiger partial charge in [-0.1, -0.05) is 0 Å². The Morgan fingerprint density at radius 2 is 1.68 bits per heavy atom. The molecule has 2 aromatic carbocycles. The summed E-state index contributed by atoms with van der Waals surface area (Å²) in [6.45, 7) is 2.35. The Morgan fingerprint density at radius 3 is 2.29 bits per heavy atom. The number of hydrogen-bond donors (Lipinski definition) is 0. The summed E-state index contributed by atoms with van der Waals surface area (Å²) in [5.74, 6) is 1.46. The summed E-state index contributed by atoms with van der Waals surface area (Å²) >= 11 is 0. The maximum Gasteiger partial charge on any atom is 0.269 e. The lowest BCUT2D eigenvalue weighted by atomic mass is 10.1. The van der Waals surface area contributed by atoms with E-state index in [1.54, 1.807) is 18.3 Å². The second kappa shape index (κ2) is 8.78. The molecule has 0 atom stereocenters. The molecular weight excluding hydrogens is 398 g/mol. The van der Waals surface area contributed by atoms with Crippen LogP contribution in [0.15, 0.2) is 60.9 Å². The predicted octanol–water partition coefficient (Wildman–Crippen LogP) is 3.02. The van der Waals surface area contributed by atoms with Gasteiger partial charge < -0.3 is 14.5 Å². The summed E-state index contributed by atoms with van der Waals surface area (Å²) in [6, 6.07) is 15.3. The van der Waals surface area contributed by atoms with Crippen LogP contribution >= 0.6 is 0 Å². The summed E-state index contributed by atoms with van der Waals surface area (Å²) in [4.78, 5) is 35.7. The van der Waals surface area contributed by atoms with Gasteiger partial charge in [-0.05, 0) is 36.4 Å². The van der Waals surface area contributed by atoms with E-state index in [0.717, 1.165) is 22.8 Å². The Labute approximate surface area is 179 Å². The zero-order valence-electron chi connectivity index (χ0n) is 17.0. The fourth-order valence-electron chi connectivity index (χ4n) is 3.49. The predicted molar refractivity (Wildman–Crippen MR) is 115 cm³/mol. The normalized spacial score (nSPS) is 13.7. The lowest BCUT2D eigenvalue weighted by Crippen LogP contribution is -2.49. The van der Waals surface area contributed by atoms with Crippen molar-refractivity contribution in [1.82, 2.24) is 14.9 Å². The van der Waals surface area contributed by atoms with Crippen LogP contribution in [0.5, 0.6) is 5.75 Å². The van der Waals surface area contributed by atoms with Crippen LogP contribution in [0, 0.1) is 10.1 Å².